The lowest BCUT2D eigenvalue weighted by Crippen LogP contribution is -2.50. The molecule has 0 saturated carbocycles. The number of aliphatic hydroxyl groups is 1. The molecule has 0 amide bonds. The molecule has 1 rings (SSSR count). The van der Waals surface area contributed by atoms with E-state index in [0.29, 0.717) is 19.0 Å². The third-order valence-corrected chi connectivity index (χ3v) is 6.36. The van der Waals surface area contributed by atoms with Crippen LogP contribution in [0.1, 0.15) is 40.5 Å². The topological polar surface area (TPSA) is 60.9 Å². The molecule has 1 aliphatic rings. The first-order valence-electron chi connectivity index (χ1n) is 6.94. The van der Waals surface area contributed by atoms with Gasteiger partial charge < -0.3 is 5.11 Å². The monoisotopic (exact) mass is 292 g/mol. The summed E-state index contributed by atoms with van der Waals surface area (Å²) < 4.78 is 27.6. The van der Waals surface area contributed by atoms with E-state index in [1.54, 1.807) is 11.2 Å². The van der Waals surface area contributed by atoms with E-state index in [0.717, 1.165) is 12.8 Å². The third kappa shape index (κ3) is 3.90. The molecule has 0 aromatic heterocycles. The van der Waals surface area contributed by atoms with Gasteiger partial charge in [-0.25, -0.2) is 0 Å². The predicted octanol–water partition coefficient (Wildman–Crippen LogP) is 1.30. The van der Waals surface area contributed by atoms with E-state index in [1.165, 1.54) is 11.4 Å². The third-order valence-electron chi connectivity index (χ3n) is 4.25. The summed E-state index contributed by atoms with van der Waals surface area (Å²) in [7, 11) is -1.90. The Kier molecular flexibility index (Phi) is 5.40. The number of nitrogens with zero attached hydrogens (tertiary/aromatic N) is 2. The number of aliphatic hydroxyl groups excluding tert-OH is 1. The Bertz CT molecular complexity index is 381. The van der Waals surface area contributed by atoms with Gasteiger partial charge in [-0.1, -0.05) is 20.8 Å². The van der Waals surface area contributed by atoms with Gasteiger partial charge in [0.1, 0.15) is 0 Å². The fourth-order valence-corrected chi connectivity index (χ4v) is 4.04. The second-order valence-corrected chi connectivity index (χ2v) is 8.58. The van der Waals surface area contributed by atoms with Crippen molar-refractivity contribution in [3.05, 3.63) is 0 Å². The predicted molar refractivity (Wildman–Crippen MR) is 77.0 cm³/mol. The lowest BCUT2D eigenvalue weighted by atomic mass is 9.76. The van der Waals surface area contributed by atoms with Crippen LogP contribution in [0.25, 0.3) is 0 Å². The molecule has 1 N–H and O–H groups in total. The summed E-state index contributed by atoms with van der Waals surface area (Å²) in [6.45, 7) is 9.33. The number of piperidine rings is 1. The molecule has 0 radical (unpaired) electrons. The summed E-state index contributed by atoms with van der Waals surface area (Å²) in [4.78, 5) is 0. The van der Waals surface area contributed by atoms with Gasteiger partial charge in [-0.3, -0.25) is 0 Å². The normalized spacial score (nSPS) is 21.8. The molecule has 1 fully saturated rings. The van der Waals surface area contributed by atoms with Crippen molar-refractivity contribution < 1.29 is 13.5 Å². The van der Waals surface area contributed by atoms with Gasteiger partial charge in [0.2, 0.25) is 0 Å². The van der Waals surface area contributed by atoms with E-state index in [1.807, 2.05) is 0 Å². The lowest BCUT2D eigenvalue weighted by Gasteiger charge is -2.39. The van der Waals surface area contributed by atoms with Crippen LogP contribution in [0.5, 0.6) is 0 Å². The zero-order valence-electron chi connectivity index (χ0n) is 12.8. The van der Waals surface area contributed by atoms with Crippen molar-refractivity contribution in [2.75, 3.05) is 26.7 Å². The Hall–Kier alpha value is -0.170. The van der Waals surface area contributed by atoms with Crippen LogP contribution in [0.4, 0.5) is 0 Å². The minimum atomic E-state index is -3.44. The highest BCUT2D eigenvalue weighted by Gasteiger charge is 2.36. The van der Waals surface area contributed by atoms with Gasteiger partial charge in [-0.15, -0.1) is 0 Å². The highest BCUT2D eigenvalue weighted by Crippen LogP contribution is 2.35. The molecule has 114 valence electrons. The first-order valence-corrected chi connectivity index (χ1v) is 8.34. The quantitative estimate of drug-likeness (QED) is 0.849. The van der Waals surface area contributed by atoms with Gasteiger partial charge in [-0.2, -0.15) is 17.0 Å². The largest absolute Gasteiger partial charge is 0.395 e. The van der Waals surface area contributed by atoms with Crippen molar-refractivity contribution in [1.82, 2.24) is 8.61 Å². The van der Waals surface area contributed by atoms with Crippen molar-refractivity contribution in [2.45, 2.75) is 46.6 Å². The van der Waals surface area contributed by atoms with E-state index >= 15 is 0 Å². The molecule has 1 heterocycles. The SMILES string of the molecule is CC(CO)N(C)S(=O)(=O)N1CCC(C(C)(C)C)CC1. The van der Waals surface area contributed by atoms with E-state index < -0.39 is 10.2 Å². The molecule has 1 atom stereocenters. The van der Waals surface area contributed by atoms with E-state index in [4.69, 9.17) is 5.11 Å². The van der Waals surface area contributed by atoms with Crippen LogP contribution >= 0.6 is 0 Å². The Morgan fingerprint density at radius 3 is 2.16 bits per heavy atom. The average Bonchev–Trinajstić information content (AvgIpc) is 2.36. The van der Waals surface area contributed by atoms with Crippen LogP contribution in [-0.4, -0.2) is 54.9 Å². The van der Waals surface area contributed by atoms with Crippen molar-refractivity contribution in [3.63, 3.8) is 0 Å². The molecule has 0 spiro atoms. The van der Waals surface area contributed by atoms with Crippen LogP contribution in [0, 0.1) is 11.3 Å². The average molecular weight is 292 g/mol. The first kappa shape index (κ1) is 16.9. The molecule has 19 heavy (non-hydrogen) atoms. The minimum Gasteiger partial charge on any atom is -0.395 e. The van der Waals surface area contributed by atoms with Gasteiger partial charge >= 0.3 is 0 Å². The molecule has 0 aromatic carbocycles. The van der Waals surface area contributed by atoms with Crippen LogP contribution in [0.15, 0.2) is 0 Å². The lowest BCUT2D eigenvalue weighted by molar-refractivity contribution is 0.145. The molecular formula is C13H28N2O3S. The van der Waals surface area contributed by atoms with Crippen molar-refractivity contribution in [2.24, 2.45) is 11.3 Å². The Morgan fingerprint density at radius 2 is 1.79 bits per heavy atom. The van der Waals surface area contributed by atoms with Gasteiger partial charge in [0, 0.05) is 26.2 Å². The summed E-state index contributed by atoms with van der Waals surface area (Å²) in [5.41, 5.74) is 0.236. The molecule has 0 aromatic rings. The molecule has 1 unspecified atom stereocenters. The molecule has 0 bridgehead atoms. The maximum atomic E-state index is 12.4. The minimum absolute atomic E-state index is 0.159. The van der Waals surface area contributed by atoms with E-state index in [9.17, 15) is 8.42 Å². The fraction of sp³-hybridized carbons (Fsp3) is 1.00. The van der Waals surface area contributed by atoms with Gasteiger partial charge in [0.25, 0.3) is 10.2 Å². The number of hydrogen-bond acceptors (Lipinski definition) is 3. The van der Waals surface area contributed by atoms with Gasteiger partial charge in [0.05, 0.1) is 6.61 Å². The van der Waals surface area contributed by atoms with Crippen LogP contribution < -0.4 is 0 Å². The molecular weight excluding hydrogens is 264 g/mol. The van der Waals surface area contributed by atoms with Crippen molar-refractivity contribution >= 4 is 10.2 Å². The van der Waals surface area contributed by atoms with Gasteiger partial charge in [-0.05, 0) is 31.1 Å². The maximum absolute atomic E-state index is 12.4. The highest BCUT2D eigenvalue weighted by molar-refractivity contribution is 7.86. The number of hydrogen-bond donors (Lipinski definition) is 1. The fourth-order valence-electron chi connectivity index (χ4n) is 2.48. The smallest absolute Gasteiger partial charge is 0.282 e. The second kappa shape index (κ2) is 6.08. The zero-order valence-corrected chi connectivity index (χ0v) is 13.6. The van der Waals surface area contributed by atoms with Crippen LogP contribution in [0.2, 0.25) is 0 Å². The summed E-state index contributed by atoms with van der Waals surface area (Å²) in [6.07, 6.45) is 1.81. The molecule has 0 aliphatic carbocycles. The van der Waals surface area contributed by atoms with Crippen molar-refractivity contribution in [1.29, 1.82) is 0 Å². The second-order valence-electron chi connectivity index (χ2n) is 6.59. The Labute approximate surface area is 117 Å². The summed E-state index contributed by atoms with van der Waals surface area (Å²) in [5, 5.41) is 9.09. The molecule has 1 saturated heterocycles. The van der Waals surface area contributed by atoms with E-state index in [-0.39, 0.29) is 18.1 Å². The highest BCUT2D eigenvalue weighted by atomic mass is 32.2. The number of rotatable bonds is 4. The summed E-state index contributed by atoms with van der Waals surface area (Å²) in [6, 6.07) is -0.384. The van der Waals surface area contributed by atoms with Crippen LogP contribution in [-0.2, 0) is 10.2 Å². The van der Waals surface area contributed by atoms with Crippen LogP contribution in [0.3, 0.4) is 0 Å². The summed E-state index contributed by atoms with van der Waals surface area (Å²) >= 11 is 0. The molecule has 5 nitrogen and oxygen atoms in total. The Balaban J connectivity index is 2.69. The summed E-state index contributed by atoms with van der Waals surface area (Å²) in [5.74, 6) is 0.569. The van der Waals surface area contributed by atoms with E-state index in [2.05, 4.69) is 20.8 Å². The molecule has 1 aliphatic heterocycles. The zero-order chi connectivity index (χ0) is 14.8. The Morgan fingerprint density at radius 1 is 1.32 bits per heavy atom. The first-order chi connectivity index (χ1) is 8.60. The maximum Gasteiger partial charge on any atom is 0.282 e. The van der Waals surface area contributed by atoms with Crippen molar-refractivity contribution in [3.8, 4) is 0 Å². The molecule has 6 heteroatoms. The standard InChI is InChI=1S/C13H28N2O3S/c1-11(10-16)14(5)19(17,18)15-8-6-12(7-9-15)13(2,3)4/h11-12,16H,6-10H2,1-5H3. The number of likely N-dealkylation sites (N-methyl/N-ethyl adjacent to an activating group) is 1. The van der Waals surface area contributed by atoms with Gasteiger partial charge in [0.15, 0.2) is 0 Å².